The van der Waals surface area contributed by atoms with Crippen LogP contribution in [0.25, 0.3) is 0 Å². The lowest BCUT2D eigenvalue weighted by molar-refractivity contribution is -0.117. The molecule has 0 saturated carbocycles. The van der Waals surface area contributed by atoms with E-state index in [2.05, 4.69) is 32.7 Å². The summed E-state index contributed by atoms with van der Waals surface area (Å²) in [6.07, 6.45) is 4.39. The van der Waals surface area contributed by atoms with Gasteiger partial charge in [0.05, 0.1) is 0 Å². The summed E-state index contributed by atoms with van der Waals surface area (Å²) >= 11 is 0. The quantitative estimate of drug-likeness (QED) is 0.641. The Kier molecular flexibility index (Phi) is 7.12. The van der Waals surface area contributed by atoms with Gasteiger partial charge < -0.3 is 11.1 Å². The molecular formula is C14H28N2O. The van der Waals surface area contributed by atoms with Crippen molar-refractivity contribution in [3.63, 3.8) is 0 Å². The predicted molar refractivity (Wildman–Crippen MR) is 73.7 cm³/mol. The highest BCUT2D eigenvalue weighted by molar-refractivity contribution is 5.91. The van der Waals surface area contributed by atoms with Crippen LogP contribution in [-0.4, -0.2) is 18.0 Å². The third-order valence-electron chi connectivity index (χ3n) is 2.83. The zero-order chi connectivity index (χ0) is 13.5. The van der Waals surface area contributed by atoms with E-state index in [4.69, 9.17) is 5.73 Å². The summed E-state index contributed by atoms with van der Waals surface area (Å²) in [4.78, 5) is 11.2. The Morgan fingerprint density at radius 3 is 2.47 bits per heavy atom. The van der Waals surface area contributed by atoms with Crippen molar-refractivity contribution < 1.29 is 4.79 Å². The minimum Gasteiger partial charge on any atom is -0.352 e. The van der Waals surface area contributed by atoms with Gasteiger partial charge in [-0.05, 0) is 39.5 Å². The van der Waals surface area contributed by atoms with Crippen molar-refractivity contribution in [2.24, 2.45) is 11.7 Å². The van der Waals surface area contributed by atoms with E-state index in [1.807, 2.05) is 0 Å². The molecule has 0 spiro atoms. The second kappa shape index (κ2) is 7.49. The smallest absolute Gasteiger partial charge is 0.246 e. The summed E-state index contributed by atoms with van der Waals surface area (Å²) in [6.45, 7) is 12.4. The van der Waals surface area contributed by atoms with Crippen LogP contribution >= 0.6 is 0 Å². The molecule has 0 heterocycles. The highest BCUT2D eigenvalue weighted by Gasteiger charge is 2.11. The molecule has 3 heteroatoms. The van der Waals surface area contributed by atoms with Crippen LogP contribution in [0.4, 0.5) is 0 Å². The van der Waals surface area contributed by atoms with E-state index in [1.54, 1.807) is 6.92 Å². The standard InChI is InChI=1S/C14H28N2O/c1-11(2)13(17)16-10-8-12(3)7-6-9-14(4,5)15/h12H,1,6-10,15H2,2-5H3,(H,16,17). The Labute approximate surface area is 106 Å². The third kappa shape index (κ3) is 10.1. The number of nitrogens with two attached hydrogens (primary N) is 1. The van der Waals surface area contributed by atoms with Gasteiger partial charge in [-0.25, -0.2) is 0 Å². The Morgan fingerprint density at radius 2 is 2.00 bits per heavy atom. The average molecular weight is 240 g/mol. The minimum atomic E-state index is -0.0616. The van der Waals surface area contributed by atoms with Crippen molar-refractivity contribution in [3.05, 3.63) is 12.2 Å². The van der Waals surface area contributed by atoms with Crippen molar-refractivity contribution in [2.45, 2.75) is 58.9 Å². The second-order valence-electron chi connectivity index (χ2n) is 5.81. The maximum absolute atomic E-state index is 11.2. The highest BCUT2D eigenvalue weighted by atomic mass is 16.1. The molecule has 0 aromatic heterocycles. The first-order chi connectivity index (χ1) is 7.72. The Hall–Kier alpha value is -0.830. The largest absolute Gasteiger partial charge is 0.352 e. The molecule has 0 aromatic carbocycles. The van der Waals surface area contributed by atoms with Gasteiger partial charge in [-0.2, -0.15) is 0 Å². The number of hydrogen-bond donors (Lipinski definition) is 2. The molecule has 17 heavy (non-hydrogen) atoms. The Bertz CT molecular complexity index is 253. The number of amides is 1. The minimum absolute atomic E-state index is 0.0414. The van der Waals surface area contributed by atoms with E-state index in [1.165, 1.54) is 6.42 Å². The molecule has 0 aliphatic carbocycles. The number of nitrogens with one attached hydrogen (secondary N) is 1. The van der Waals surface area contributed by atoms with Gasteiger partial charge in [0.1, 0.15) is 0 Å². The van der Waals surface area contributed by atoms with Gasteiger partial charge in [-0.1, -0.05) is 26.3 Å². The molecule has 0 aromatic rings. The molecule has 0 fully saturated rings. The zero-order valence-corrected chi connectivity index (χ0v) is 11.8. The number of carbonyl (C=O) groups excluding carboxylic acids is 1. The fraction of sp³-hybridized carbons (Fsp3) is 0.786. The van der Waals surface area contributed by atoms with Crippen LogP contribution in [0.1, 0.15) is 53.4 Å². The predicted octanol–water partition coefficient (Wildman–Crippen LogP) is 2.61. The van der Waals surface area contributed by atoms with Crippen LogP contribution in [-0.2, 0) is 4.79 Å². The van der Waals surface area contributed by atoms with Crippen molar-refractivity contribution >= 4 is 5.91 Å². The molecule has 0 bridgehead atoms. The highest BCUT2D eigenvalue weighted by Crippen LogP contribution is 2.15. The van der Waals surface area contributed by atoms with Crippen LogP contribution < -0.4 is 11.1 Å². The Balaban J connectivity index is 3.57. The summed E-state index contributed by atoms with van der Waals surface area (Å²) in [5.41, 5.74) is 6.44. The lowest BCUT2D eigenvalue weighted by atomic mass is 9.94. The lowest BCUT2D eigenvalue weighted by Gasteiger charge is -2.19. The van der Waals surface area contributed by atoms with Crippen molar-refractivity contribution in [1.82, 2.24) is 5.32 Å². The van der Waals surface area contributed by atoms with E-state index in [9.17, 15) is 4.79 Å². The fourth-order valence-electron chi connectivity index (χ4n) is 1.63. The van der Waals surface area contributed by atoms with Crippen LogP contribution in [0.5, 0.6) is 0 Å². The fourth-order valence-corrected chi connectivity index (χ4v) is 1.63. The summed E-state index contributed by atoms with van der Waals surface area (Å²) in [5.74, 6) is 0.586. The average Bonchev–Trinajstić information content (AvgIpc) is 2.15. The van der Waals surface area contributed by atoms with Crippen LogP contribution in [0.15, 0.2) is 12.2 Å². The number of rotatable bonds is 8. The SMILES string of the molecule is C=C(C)C(=O)NCCC(C)CCCC(C)(C)N. The summed E-state index contributed by atoms with van der Waals surface area (Å²) in [6, 6.07) is 0. The molecule has 0 saturated heterocycles. The topological polar surface area (TPSA) is 55.1 Å². The van der Waals surface area contributed by atoms with Crippen molar-refractivity contribution in [1.29, 1.82) is 0 Å². The first-order valence-electron chi connectivity index (χ1n) is 6.45. The van der Waals surface area contributed by atoms with E-state index < -0.39 is 0 Å². The van der Waals surface area contributed by atoms with Gasteiger partial charge in [-0.15, -0.1) is 0 Å². The molecule has 1 atom stereocenters. The van der Waals surface area contributed by atoms with E-state index in [0.29, 0.717) is 11.5 Å². The van der Waals surface area contributed by atoms with Gasteiger partial charge >= 0.3 is 0 Å². The number of hydrogen-bond acceptors (Lipinski definition) is 2. The summed E-state index contributed by atoms with van der Waals surface area (Å²) in [5, 5.41) is 2.86. The molecule has 3 N–H and O–H groups in total. The summed E-state index contributed by atoms with van der Waals surface area (Å²) < 4.78 is 0. The van der Waals surface area contributed by atoms with Gasteiger partial charge in [0, 0.05) is 17.7 Å². The van der Waals surface area contributed by atoms with Gasteiger partial charge in [0.2, 0.25) is 5.91 Å². The van der Waals surface area contributed by atoms with Crippen LogP contribution in [0.2, 0.25) is 0 Å². The lowest BCUT2D eigenvalue weighted by Crippen LogP contribution is -2.31. The van der Waals surface area contributed by atoms with Crippen LogP contribution in [0, 0.1) is 5.92 Å². The summed E-state index contributed by atoms with van der Waals surface area (Å²) in [7, 11) is 0. The van der Waals surface area contributed by atoms with Crippen molar-refractivity contribution in [3.8, 4) is 0 Å². The number of carbonyl (C=O) groups is 1. The normalized spacial score (nSPS) is 13.2. The zero-order valence-electron chi connectivity index (χ0n) is 11.8. The van der Waals surface area contributed by atoms with Gasteiger partial charge in [0.15, 0.2) is 0 Å². The Morgan fingerprint density at radius 1 is 1.41 bits per heavy atom. The van der Waals surface area contributed by atoms with E-state index in [0.717, 1.165) is 25.8 Å². The van der Waals surface area contributed by atoms with Crippen LogP contribution in [0.3, 0.4) is 0 Å². The molecule has 1 unspecified atom stereocenters. The van der Waals surface area contributed by atoms with E-state index >= 15 is 0 Å². The van der Waals surface area contributed by atoms with Crippen molar-refractivity contribution in [2.75, 3.05) is 6.54 Å². The molecule has 0 radical (unpaired) electrons. The monoisotopic (exact) mass is 240 g/mol. The molecule has 3 nitrogen and oxygen atoms in total. The van der Waals surface area contributed by atoms with Gasteiger partial charge in [0.25, 0.3) is 0 Å². The maximum Gasteiger partial charge on any atom is 0.246 e. The third-order valence-corrected chi connectivity index (χ3v) is 2.83. The first kappa shape index (κ1) is 16.2. The molecular weight excluding hydrogens is 212 g/mol. The molecule has 0 aliphatic rings. The first-order valence-corrected chi connectivity index (χ1v) is 6.45. The molecule has 100 valence electrons. The molecule has 0 aliphatic heterocycles. The molecule has 1 amide bonds. The second-order valence-corrected chi connectivity index (χ2v) is 5.81. The maximum atomic E-state index is 11.2. The van der Waals surface area contributed by atoms with E-state index in [-0.39, 0.29) is 11.4 Å². The molecule has 0 rings (SSSR count). The van der Waals surface area contributed by atoms with Gasteiger partial charge in [-0.3, -0.25) is 4.79 Å².